The van der Waals surface area contributed by atoms with E-state index in [-0.39, 0.29) is 18.6 Å². The fourth-order valence-electron chi connectivity index (χ4n) is 2.93. The van der Waals surface area contributed by atoms with E-state index in [2.05, 4.69) is 4.98 Å². The molecule has 1 aliphatic carbocycles. The number of hydrogen-bond donors (Lipinski definition) is 1. The van der Waals surface area contributed by atoms with Gasteiger partial charge in [-0.1, -0.05) is 18.9 Å². The molecule has 124 valence electrons. The van der Waals surface area contributed by atoms with Gasteiger partial charge >= 0.3 is 6.15 Å². The summed E-state index contributed by atoms with van der Waals surface area (Å²) in [6.45, 7) is 2.76. The average molecular weight is 337 g/mol. The van der Waals surface area contributed by atoms with Crippen LogP contribution in [0.15, 0.2) is 24.3 Å². The van der Waals surface area contributed by atoms with Crippen molar-refractivity contribution < 1.29 is 14.3 Å². The average Bonchev–Trinajstić information content (AvgIpc) is 2.98. The van der Waals surface area contributed by atoms with Gasteiger partial charge in [0, 0.05) is 11.4 Å². The molecule has 2 N–H and O–H groups in total. The van der Waals surface area contributed by atoms with E-state index in [9.17, 15) is 0 Å². The lowest BCUT2D eigenvalue weighted by Crippen LogP contribution is -2.08. The Morgan fingerprint density at radius 3 is 2.61 bits per heavy atom. The van der Waals surface area contributed by atoms with Crippen LogP contribution in [0.3, 0.4) is 0 Å². The highest BCUT2D eigenvalue weighted by molar-refractivity contribution is 5.95. The Labute approximate surface area is 141 Å². The summed E-state index contributed by atoms with van der Waals surface area (Å²) in [7, 11) is 0. The first-order valence-corrected chi connectivity index (χ1v) is 7.43. The van der Waals surface area contributed by atoms with E-state index in [0.717, 1.165) is 34.6 Å². The van der Waals surface area contributed by atoms with E-state index < -0.39 is 0 Å². The summed E-state index contributed by atoms with van der Waals surface area (Å²) in [5.41, 5.74) is 8.74. The first kappa shape index (κ1) is 18.9. The number of aromatic nitrogens is 1. The van der Waals surface area contributed by atoms with Crippen molar-refractivity contribution in [3.8, 4) is 5.75 Å². The molecule has 5 nitrogen and oxygen atoms in total. The Bertz CT molecular complexity index is 679. The molecule has 1 fully saturated rings. The number of nitrogen functional groups attached to an aromatic ring is 1. The quantitative estimate of drug-likeness (QED) is 0.927. The molecule has 0 spiro atoms. The number of fused-ring (bicyclic) bond motifs is 1. The van der Waals surface area contributed by atoms with Gasteiger partial charge in [-0.05, 0) is 43.9 Å². The summed E-state index contributed by atoms with van der Waals surface area (Å²) in [6, 6.07) is 7.87. The predicted octanol–water partition coefficient (Wildman–Crippen LogP) is 3.53. The predicted molar refractivity (Wildman–Crippen MR) is 90.6 cm³/mol. The van der Waals surface area contributed by atoms with Crippen molar-refractivity contribution in [1.29, 1.82) is 0 Å². The highest BCUT2D eigenvalue weighted by atomic mass is 35.5. The molecule has 0 atom stereocenters. The molecule has 1 aromatic heterocycles. The number of aryl methyl sites for hydroxylation is 1. The van der Waals surface area contributed by atoms with Crippen molar-refractivity contribution in [3.63, 3.8) is 0 Å². The van der Waals surface area contributed by atoms with E-state index in [0.29, 0.717) is 5.92 Å². The third-order valence-corrected chi connectivity index (χ3v) is 3.90. The molecule has 1 heterocycles. The van der Waals surface area contributed by atoms with Gasteiger partial charge in [0.1, 0.15) is 5.75 Å². The van der Waals surface area contributed by atoms with Crippen LogP contribution in [0.5, 0.6) is 5.75 Å². The zero-order chi connectivity index (χ0) is 15.9. The lowest BCUT2D eigenvalue weighted by Gasteiger charge is -2.14. The van der Waals surface area contributed by atoms with Crippen LogP contribution in [0.2, 0.25) is 0 Å². The van der Waals surface area contributed by atoms with Crippen molar-refractivity contribution in [2.45, 2.75) is 32.6 Å². The standard InChI is InChI=1S/C16H20N2O.CO2.ClH/c1-11-9-13(17)16-14(18-11)7-4-8-15(16)19-10-12-5-2-3-6-12;2-1-3;/h4,7-9,12H,2-3,5-6,10H2,1H3,(H2,17,18);;1H. The van der Waals surface area contributed by atoms with Crippen molar-refractivity contribution in [2.24, 2.45) is 5.92 Å². The Morgan fingerprint density at radius 1 is 1.30 bits per heavy atom. The van der Waals surface area contributed by atoms with Gasteiger partial charge in [-0.25, -0.2) is 0 Å². The smallest absolute Gasteiger partial charge is 0.373 e. The van der Waals surface area contributed by atoms with Crippen molar-refractivity contribution in [1.82, 2.24) is 4.98 Å². The van der Waals surface area contributed by atoms with Crippen LogP contribution in [0.4, 0.5) is 5.69 Å². The van der Waals surface area contributed by atoms with Gasteiger partial charge in [-0.2, -0.15) is 9.59 Å². The van der Waals surface area contributed by atoms with Gasteiger partial charge < -0.3 is 10.5 Å². The number of hydrogen-bond acceptors (Lipinski definition) is 5. The minimum Gasteiger partial charge on any atom is -0.493 e. The molecule has 0 aliphatic heterocycles. The van der Waals surface area contributed by atoms with Gasteiger partial charge in [0.15, 0.2) is 0 Å². The van der Waals surface area contributed by atoms with E-state index in [1.54, 1.807) is 0 Å². The maximum Gasteiger partial charge on any atom is 0.373 e. The maximum atomic E-state index is 8.12. The zero-order valence-corrected chi connectivity index (χ0v) is 13.9. The molecule has 6 heteroatoms. The largest absolute Gasteiger partial charge is 0.493 e. The Balaban J connectivity index is 0.000000615. The molecular weight excluding hydrogens is 316 g/mol. The van der Waals surface area contributed by atoms with E-state index >= 15 is 0 Å². The van der Waals surface area contributed by atoms with Gasteiger partial charge in [-0.15, -0.1) is 12.4 Å². The summed E-state index contributed by atoms with van der Waals surface area (Å²) < 4.78 is 6.00. The number of anilines is 1. The Morgan fingerprint density at radius 2 is 1.96 bits per heavy atom. The number of halogens is 1. The van der Waals surface area contributed by atoms with Crippen LogP contribution in [0.25, 0.3) is 10.9 Å². The number of pyridine rings is 1. The lowest BCUT2D eigenvalue weighted by atomic mass is 10.1. The molecular formula is C17H21ClN2O3. The number of nitrogens with two attached hydrogens (primary N) is 1. The van der Waals surface area contributed by atoms with Crippen molar-refractivity contribution in [2.75, 3.05) is 12.3 Å². The van der Waals surface area contributed by atoms with Gasteiger partial charge in [0.25, 0.3) is 0 Å². The summed E-state index contributed by atoms with van der Waals surface area (Å²) in [5.74, 6) is 1.57. The highest BCUT2D eigenvalue weighted by Gasteiger charge is 2.16. The number of benzene rings is 1. The molecule has 1 aliphatic rings. The summed E-state index contributed by atoms with van der Waals surface area (Å²) in [4.78, 5) is 20.8. The zero-order valence-electron chi connectivity index (χ0n) is 13.1. The van der Waals surface area contributed by atoms with Crippen LogP contribution in [0.1, 0.15) is 31.4 Å². The second-order valence-corrected chi connectivity index (χ2v) is 5.55. The normalized spacial score (nSPS) is 13.6. The van der Waals surface area contributed by atoms with Crippen molar-refractivity contribution in [3.05, 3.63) is 30.0 Å². The maximum absolute atomic E-state index is 8.12. The minimum atomic E-state index is 0. The molecule has 1 aromatic carbocycles. The van der Waals surface area contributed by atoms with E-state index in [1.165, 1.54) is 25.7 Å². The fraction of sp³-hybridized carbons (Fsp3) is 0.412. The van der Waals surface area contributed by atoms with Crippen LogP contribution in [0, 0.1) is 12.8 Å². The number of ether oxygens (including phenoxy) is 1. The second kappa shape index (κ2) is 9.13. The summed E-state index contributed by atoms with van der Waals surface area (Å²) in [5, 5.41) is 0.950. The molecule has 0 unspecified atom stereocenters. The Kier molecular flexibility index (Phi) is 7.52. The first-order valence-electron chi connectivity index (χ1n) is 7.43. The molecule has 0 saturated heterocycles. The number of nitrogens with zero attached hydrogens (tertiary/aromatic N) is 1. The summed E-state index contributed by atoms with van der Waals surface area (Å²) >= 11 is 0. The van der Waals surface area contributed by atoms with Crippen LogP contribution in [-0.4, -0.2) is 17.7 Å². The topological polar surface area (TPSA) is 82.3 Å². The van der Waals surface area contributed by atoms with Crippen molar-refractivity contribution >= 4 is 35.1 Å². The van der Waals surface area contributed by atoms with Gasteiger partial charge in [0.2, 0.25) is 0 Å². The van der Waals surface area contributed by atoms with Gasteiger partial charge in [-0.3, -0.25) is 4.98 Å². The van der Waals surface area contributed by atoms with Gasteiger partial charge in [0.05, 0.1) is 17.5 Å². The van der Waals surface area contributed by atoms with E-state index in [4.69, 9.17) is 20.1 Å². The molecule has 0 radical (unpaired) electrons. The highest BCUT2D eigenvalue weighted by Crippen LogP contribution is 2.32. The number of carbonyl (C=O) groups excluding carboxylic acids is 2. The lowest BCUT2D eigenvalue weighted by molar-refractivity contribution is -0.191. The SMILES string of the molecule is Cc1cc(N)c2c(OCC3CCCC3)cccc2n1.Cl.O=C=O. The number of rotatable bonds is 3. The first-order chi connectivity index (χ1) is 10.7. The third-order valence-electron chi connectivity index (χ3n) is 3.90. The fourth-order valence-corrected chi connectivity index (χ4v) is 2.93. The third kappa shape index (κ3) is 4.95. The molecule has 3 rings (SSSR count). The van der Waals surface area contributed by atoms with Crippen LogP contribution < -0.4 is 10.5 Å². The summed E-state index contributed by atoms with van der Waals surface area (Å²) in [6.07, 6.45) is 5.51. The molecule has 23 heavy (non-hydrogen) atoms. The van der Waals surface area contributed by atoms with Crippen LogP contribution in [-0.2, 0) is 9.59 Å². The van der Waals surface area contributed by atoms with Crippen LogP contribution >= 0.6 is 12.4 Å². The minimum absolute atomic E-state index is 0. The molecule has 2 aromatic rings. The Hall–Kier alpha value is -2.10. The second-order valence-electron chi connectivity index (χ2n) is 5.55. The molecule has 0 bridgehead atoms. The van der Waals surface area contributed by atoms with E-state index in [1.807, 2.05) is 31.2 Å². The molecule has 0 amide bonds. The molecule has 1 saturated carbocycles. The monoisotopic (exact) mass is 336 g/mol.